The van der Waals surface area contributed by atoms with E-state index in [0.717, 1.165) is 17.3 Å². The van der Waals surface area contributed by atoms with Crippen LogP contribution in [-0.2, 0) is 0 Å². The number of rotatable bonds is 1. The fourth-order valence-corrected chi connectivity index (χ4v) is 0.966. The Morgan fingerprint density at radius 2 is 2.42 bits per heavy atom. The van der Waals surface area contributed by atoms with Crippen LogP contribution in [0.1, 0.15) is 5.69 Å². The molecular formula is C7H11N5. The molecule has 12 heavy (non-hydrogen) atoms. The van der Waals surface area contributed by atoms with Crippen LogP contribution in [0.4, 0.5) is 0 Å². The van der Waals surface area contributed by atoms with E-state index in [1.54, 1.807) is 0 Å². The minimum atomic E-state index is 0.328. The summed E-state index contributed by atoms with van der Waals surface area (Å²) in [5, 5.41) is 7.98. The van der Waals surface area contributed by atoms with Crippen LogP contribution >= 0.6 is 0 Å². The van der Waals surface area contributed by atoms with Gasteiger partial charge < -0.3 is 11.5 Å². The van der Waals surface area contributed by atoms with E-state index in [1.165, 1.54) is 0 Å². The van der Waals surface area contributed by atoms with E-state index < -0.39 is 0 Å². The predicted molar refractivity (Wildman–Crippen MR) is 48.4 cm³/mol. The summed E-state index contributed by atoms with van der Waals surface area (Å²) < 4.78 is 0. The first-order chi connectivity index (χ1) is 5.66. The zero-order valence-electron chi connectivity index (χ0n) is 6.83. The summed E-state index contributed by atoms with van der Waals surface area (Å²) in [4.78, 5) is 3.74. The van der Waals surface area contributed by atoms with Crippen molar-refractivity contribution >= 4 is 18.7 Å². The molecule has 0 radical (unpaired) electrons. The normalized spacial score (nSPS) is 13.8. The fraction of sp³-hybridized carbons (Fsp3) is 0.143. The second-order valence-electron chi connectivity index (χ2n) is 2.33. The fourth-order valence-electron chi connectivity index (χ4n) is 0.966. The van der Waals surface area contributed by atoms with Crippen molar-refractivity contribution < 1.29 is 0 Å². The molecule has 1 rings (SSSR count). The molecule has 0 aliphatic carbocycles. The van der Waals surface area contributed by atoms with Gasteiger partial charge >= 0.3 is 0 Å². The Kier molecular flexibility index (Phi) is 2.14. The standard InChI is InChI=1S/C7H11N5/c1-4-6(5(2)12-11-4)7(9)10-3-8/h3,11H,1,9H2,2H3,(H2,8,10)/b7-6+. The third-order valence-corrected chi connectivity index (χ3v) is 1.49. The van der Waals surface area contributed by atoms with Crippen molar-refractivity contribution in [2.45, 2.75) is 6.92 Å². The molecule has 64 valence electrons. The molecule has 0 fully saturated rings. The quantitative estimate of drug-likeness (QED) is 0.336. The zero-order valence-corrected chi connectivity index (χ0v) is 6.83. The summed E-state index contributed by atoms with van der Waals surface area (Å²) in [5.41, 5.74) is 11.4. The molecule has 0 aliphatic rings. The van der Waals surface area contributed by atoms with Gasteiger partial charge in [-0.2, -0.15) is 5.10 Å². The summed E-state index contributed by atoms with van der Waals surface area (Å²) >= 11 is 0. The summed E-state index contributed by atoms with van der Waals surface area (Å²) in [6, 6.07) is 0. The lowest BCUT2D eigenvalue weighted by Gasteiger charge is -1.88. The van der Waals surface area contributed by atoms with Gasteiger partial charge in [-0.05, 0) is 6.92 Å². The van der Waals surface area contributed by atoms with Gasteiger partial charge in [-0.1, -0.05) is 6.58 Å². The first kappa shape index (κ1) is 8.32. The Labute approximate surface area is 69.5 Å². The van der Waals surface area contributed by atoms with Crippen molar-refractivity contribution in [2.24, 2.45) is 16.5 Å². The molecule has 0 unspecified atom stereocenters. The monoisotopic (exact) mass is 165 g/mol. The summed E-state index contributed by atoms with van der Waals surface area (Å²) in [7, 11) is 0. The van der Waals surface area contributed by atoms with Gasteiger partial charge in [0, 0.05) is 0 Å². The maximum atomic E-state index is 5.59. The lowest BCUT2D eigenvalue weighted by molar-refractivity contribution is 1.03. The Morgan fingerprint density at radius 3 is 2.83 bits per heavy atom. The maximum Gasteiger partial charge on any atom is 0.136 e. The highest BCUT2D eigenvalue weighted by molar-refractivity contribution is 5.60. The minimum Gasteiger partial charge on any atom is -0.390 e. The van der Waals surface area contributed by atoms with Gasteiger partial charge in [0.15, 0.2) is 0 Å². The highest BCUT2D eigenvalue weighted by Gasteiger charge is 1.97. The van der Waals surface area contributed by atoms with Crippen molar-refractivity contribution in [3.63, 3.8) is 0 Å². The number of nitrogens with two attached hydrogens (primary N) is 2. The second kappa shape index (κ2) is 3.08. The molecule has 1 heterocycles. The highest BCUT2D eigenvalue weighted by atomic mass is 15.1. The van der Waals surface area contributed by atoms with Crippen LogP contribution in [0.2, 0.25) is 0 Å². The van der Waals surface area contributed by atoms with E-state index in [0.29, 0.717) is 11.2 Å². The van der Waals surface area contributed by atoms with Crippen LogP contribution in [-0.4, -0.2) is 16.5 Å². The Bertz CT molecular complexity index is 400. The molecule has 0 bridgehead atoms. The van der Waals surface area contributed by atoms with E-state index in [1.807, 2.05) is 6.92 Å². The van der Waals surface area contributed by atoms with Gasteiger partial charge in [0.25, 0.3) is 0 Å². The average Bonchev–Trinajstić information content (AvgIpc) is 2.32. The number of H-pyrrole nitrogens is 1. The topological polar surface area (TPSA) is 93.1 Å². The van der Waals surface area contributed by atoms with Gasteiger partial charge in [-0.15, -0.1) is 0 Å². The molecule has 5 N–H and O–H groups in total. The van der Waals surface area contributed by atoms with Crippen LogP contribution < -0.4 is 22.0 Å². The summed E-state index contributed by atoms with van der Waals surface area (Å²) in [6.07, 6.45) is 1.14. The Balaban J connectivity index is 3.53. The van der Waals surface area contributed by atoms with Crippen LogP contribution in [0, 0.1) is 6.92 Å². The molecule has 0 aliphatic heterocycles. The van der Waals surface area contributed by atoms with Crippen molar-refractivity contribution in [2.75, 3.05) is 0 Å². The van der Waals surface area contributed by atoms with Crippen LogP contribution in [0.15, 0.2) is 4.99 Å². The maximum absolute atomic E-state index is 5.59. The van der Waals surface area contributed by atoms with E-state index in [9.17, 15) is 0 Å². The molecular weight excluding hydrogens is 154 g/mol. The molecule has 5 nitrogen and oxygen atoms in total. The number of aliphatic imine (C=N–C) groups is 1. The first-order valence-corrected chi connectivity index (χ1v) is 3.40. The van der Waals surface area contributed by atoms with Crippen molar-refractivity contribution in [1.29, 1.82) is 0 Å². The third-order valence-electron chi connectivity index (χ3n) is 1.49. The molecule has 0 saturated carbocycles. The number of hydrogen-bond acceptors (Lipinski definition) is 3. The molecule has 0 aromatic carbocycles. The largest absolute Gasteiger partial charge is 0.390 e. The van der Waals surface area contributed by atoms with Gasteiger partial charge in [-0.3, -0.25) is 5.10 Å². The van der Waals surface area contributed by atoms with Crippen LogP contribution in [0.25, 0.3) is 12.4 Å². The number of aromatic amines is 1. The molecule has 1 aromatic heterocycles. The molecule has 1 aromatic rings. The van der Waals surface area contributed by atoms with Crippen molar-refractivity contribution in [3.8, 4) is 0 Å². The van der Waals surface area contributed by atoms with E-state index in [2.05, 4.69) is 21.8 Å². The Morgan fingerprint density at radius 1 is 1.75 bits per heavy atom. The molecule has 0 amide bonds. The first-order valence-electron chi connectivity index (χ1n) is 3.40. The number of aryl methyl sites for hydroxylation is 1. The van der Waals surface area contributed by atoms with Crippen LogP contribution in [0.3, 0.4) is 0 Å². The lowest BCUT2D eigenvalue weighted by atomic mass is 10.3. The van der Waals surface area contributed by atoms with Crippen molar-refractivity contribution in [3.05, 3.63) is 16.3 Å². The summed E-state index contributed by atoms with van der Waals surface area (Å²) in [5.74, 6) is 0.328. The predicted octanol–water partition coefficient (Wildman–Crippen LogP) is -1.86. The molecule has 0 spiro atoms. The second-order valence-corrected chi connectivity index (χ2v) is 2.33. The lowest BCUT2D eigenvalue weighted by Crippen LogP contribution is -2.28. The highest BCUT2D eigenvalue weighted by Crippen LogP contribution is 1.81. The number of nitrogens with one attached hydrogen (secondary N) is 1. The van der Waals surface area contributed by atoms with Crippen molar-refractivity contribution in [1.82, 2.24) is 10.2 Å². The SMILES string of the molecule is C=c1[nH]nc(C)/c1=C(N)/N=C\N. The number of nitrogens with zero attached hydrogens (tertiary/aromatic N) is 2. The average molecular weight is 165 g/mol. The van der Waals surface area contributed by atoms with Gasteiger partial charge in [-0.25, -0.2) is 4.99 Å². The van der Waals surface area contributed by atoms with E-state index in [4.69, 9.17) is 11.5 Å². The molecule has 0 atom stereocenters. The van der Waals surface area contributed by atoms with Gasteiger partial charge in [0.1, 0.15) is 5.82 Å². The molecule has 5 heteroatoms. The minimum absolute atomic E-state index is 0.328. The van der Waals surface area contributed by atoms with Gasteiger partial charge in [0.2, 0.25) is 0 Å². The van der Waals surface area contributed by atoms with Gasteiger partial charge in [0.05, 0.1) is 22.6 Å². The zero-order chi connectivity index (χ0) is 9.14. The Hall–Kier alpha value is -1.78. The molecule has 0 saturated heterocycles. The third kappa shape index (κ3) is 1.29. The number of aromatic nitrogens is 2. The van der Waals surface area contributed by atoms with E-state index in [-0.39, 0.29) is 0 Å². The number of hydrogen-bond donors (Lipinski definition) is 3. The smallest absolute Gasteiger partial charge is 0.136 e. The van der Waals surface area contributed by atoms with E-state index >= 15 is 0 Å². The summed E-state index contributed by atoms with van der Waals surface area (Å²) in [6.45, 7) is 5.53. The van der Waals surface area contributed by atoms with Crippen LogP contribution in [0.5, 0.6) is 0 Å².